The monoisotopic (exact) mass is 309 g/mol. The minimum atomic E-state index is -1.04. The summed E-state index contributed by atoms with van der Waals surface area (Å²) in [6, 6.07) is 3.87. The molecule has 0 aromatic heterocycles. The van der Waals surface area contributed by atoms with Gasteiger partial charge in [0.2, 0.25) is 5.91 Å². The van der Waals surface area contributed by atoms with Gasteiger partial charge in [-0.15, -0.1) is 0 Å². The van der Waals surface area contributed by atoms with Crippen LogP contribution >= 0.6 is 0 Å². The van der Waals surface area contributed by atoms with E-state index in [1.807, 2.05) is 0 Å². The highest BCUT2D eigenvalue weighted by Gasteiger charge is 2.14. The van der Waals surface area contributed by atoms with Gasteiger partial charge >= 0.3 is 5.97 Å². The molecule has 1 aromatic carbocycles. The maximum atomic E-state index is 11.8. The number of rotatable bonds is 7. The summed E-state index contributed by atoms with van der Waals surface area (Å²) in [4.78, 5) is 43.6. The van der Waals surface area contributed by atoms with Gasteiger partial charge in [0.15, 0.2) is 0 Å². The number of hydrogen-bond donors (Lipinski definition) is 3. The first kappa shape index (κ1) is 17.1. The van der Waals surface area contributed by atoms with Crippen LogP contribution in [0, 0.1) is 17.0 Å². The number of nitrogens with one attached hydrogen (secondary N) is 2. The van der Waals surface area contributed by atoms with Crippen molar-refractivity contribution < 1.29 is 24.4 Å². The average Bonchev–Trinajstić information content (AvgIpc) is 2.43. The lowest BCUT2D eigenvalue weighted by atomic mass is 10.1. The highest BCUT2D eigenvalue weighted by Crippen LogP contribution is 2.18. The Morgan fingerprint density at radius 2 is 1.95 bits per heavy atom. The van der Waals surface area contributed by atoms with Crippen LogP contribution in [0.4, 0.5) is 5.69 Å². The molecule has 1 aromatic rings. The van der Waals surface area contributed by atoms with Crippen LogP contribution in [0.15, 0.2) is 18.2 Å². The molecule has 9 nitrogen and oxygen atoms in total. The summed E-state index contributed by atoms with van der Waals surface area (Å²) in [5.74, 6) is -2.11. The summed E-state index contributed by atoms with van der Waals surface area (Å²) >= 11 is 0. The number of nitro benzene ring substituents is 1. The van der Waals surface area contributed by atoms with Gasteiger partial charge in [-0.05, 0) is 19.1 Å². The summed E-state index contributed by atoms with van der Waals surface area (Å²) in [5, 5.41) is 23.8. The molecular weight excluding hydrogens is 294 g/mol. The quantitative estimate of drug-likeness (QED) is 0.486. The summed E-state index contributed by atoms with van der Waals surface area (Å²) in [5.41, 5.74) is 0.438. The van der Waals surface area contributed by atoms with Crippen LogP contribution in [0.5, 0.6) is 0 Å². The number of nitrogens with zero attached hydrogens (tertiary/aromatic N) is 1. The number of carboxylic acid groups (broad SMARTS) is 1. The molecular formula is C13H15N3O6. The fourth-order valence-corrected chi connectivity index (χ4v) is 1.64. The lowest BCUT2D eigenvalue weighted by Gasteiger charge is -2.07. The molecule has 0 saturated carbocycles. The van der Waals surface area contributed by atoms with Crippen LogP contribution in [0.2, 0.25) is 0 Å². The second-order valence-electron chi connectivity index (χ2n) is 4.43. The van der Waals surface area contributed by atoms with Crippen molar-refractivity contribution in [1.82, 2.24) is 10.6 Å². The predicted octanol–water partition coefficient (Wildman–Crippen LogP) is 0.224. The van der Waals surface area contributed by atoms with Crippen molar-refractivity contribution in [2.24, 2.45) is 0 Å². The number of benzene rings is 1. The van der Waals surface area contributed by atoms with Crippen LogP contribution in [-0.4, -0.2) is 40.9 Å². The first-order valence-electron chi connectivity index (χ1n) is 6.33. The number of hydrogen-bond acceptors (Lipinski definition) is 5. The van der Waals surface area contributed by atoms with Crippen LogP contribution in [0.3, 0.4) is 0 Å². The van der Waals surface area contributed by atoms with E-state index in [0.29, 0.717) is 5.56 Å². The largest absolute Gasteiger partial charge is 0.481 e. The molecule has 0 atom stereocenters. The molecule has 0 unspecified atom stereocenters. The molecule has 0 aliphatic heterocycles. The molecule has 0 heterocycles. The first-order valence-corrected chi connectivity index (χ1v) is 6.33. The zero-order chi connectivity index (χ0) is 16.7. The number of carbonyl (C=O) groups is 3. The Kier molecular flexibility index (Phi) is 5.99. The van der Waals surface area contributed by atoms with Gasteiger partial charge in [0, 0.05) is 23.7 Å². The number of carbonyl (C=O) groups excluding carboxylic acids is 2. The van der Waals surface area contributed by atoms with E-state index in [4.69, 9.17) is 5.11 Å². The lowest BCUT2D eigenvalue weighted by molar-refractivity contribution is -0.385. The number of carboxylic acids is 1. The zero-order valence-corrected chi connectivity index (χ0v) is 11.8. The maximum Gasteiger partial charge on any atom is 0.305 e. The second-order valence-corrected chi connectivity index (χ2v) is 4.43. The molecule has 0 fully saturated rings. The van der Waals surface area contributed by atoms with Gasteiger partial charge < -0.3 is 15.7 Å². The number of amides is 2. The standard InChI is InChI=1S/C13H15N3O6/c1-8-6-9(2-3-10(8)16(21)22)13(20)15-7-11(17)14-5-4-12(18)19/h2-3,6H,4-5,7H2,1H3,(H,14,17)(H,15,20)(H,18,19). The van der Waals surface area contributed by atoms with Gasteiger partial charge in [0.1, 0.15) is 0 Å². The third-order valence-corrected chi connectivity index (χ3v) is 2.73. The van der Waals surface area contributed by atoms with Crippen molar-refractivity contribution in [3.63, 3.8) is 0 Å². The SMILES string of the molecule is Cc1cc(C(=O)NCC(=O)NCCC(=O)O)ccc1[N+](=O)[O-]. The number of nitro groups is 1. The van der Waals surface area contributed by atoms with Gasteiger partial charge in [-0.3, -0.25) is 24.5 Å². The fraction of sp³-hybridized carbons (Fsp3) is 0.308. The Hall–Kier alpha value is -2.97. The fourth-order valence-electron chi connectivity index (χ4n) is 1.64. The van der Waals surface area contributed by atoms with Crippen LogP contribution in [0.1, 0.15) is 22.3 Å². The van der Waals surface area contributed by atoms with Crippen molar-refractivity contribution in [2.45, 2.75) is 13.3 Å². The minimum absolute atomic E-state index is 0.0271. The van der Waals surface area contributed by atoms with Crippen LogP contribution in [0.25, 0.3) is 0 Å². The van der Waals surface area contributed by atoms with Crippen molar-refractivity contribution in [3.8, 4) is 0 Å². The molecule has 9 heteroatoms. The average molecular weight is 309 g/mol. The Morgan fingerprint density at radius 3 is 2.50 bits per heavy atom. The zero-order valence-electron chi connectivity index (χ0n) is 11.8. The molecule has 118 valence electrons. The summed E-state index contributed by atoms with van der Waals surface area (Å²) in [7, 11) is 0. The first-order chi connectivity index (χ1) is 10.3. The Labute approximate surface area is 125 Å². The summed E-state index contributed by atoms with van der Waals surface area (Å²) < 4.78 is 0. The minimum Gasteiger partial charge on any atom is -0.481 e. The molecule has 2 amide bonds. The van der Waals surface area contributed by atoms with E-state index in [1.165, 1.54) is 25.1 Å². The van der Waals surface area contributed by atoms with E-state index < -0.39 is 22.7 Å². The summed E-state index contributed by atoms with van der Waals surface area (Å²) in [6.07, 6.45) is -0.207. The third kappa shape index (κ3) is 5.19. The third-order valence-electron chi connectivity index (χ3n) is 2.73. The van der Waals surface area contributed by atoms with E-state index in [2.05, 4.69) is 10.6 Å². The van der Waals surface area contributed by atoms with E-state index in [0.717, 1.165) is 0 Å². The molecule has 0 aliphatic carbocycles. The highest BCUT2D eigenvalue weighted by atomic mass is 16.6. The van der Waals surface area contributed by atoms with Crippen molar-refractivity contribution in [2.75, 3.05) is 13.1 Å². The smallest absolute Gasteiger partial charge is 0.305 e. The molecule has 3 N–H and O–H groups in total. The second kappa shape index (κ2) is 7.72. The van der Waals surface area contributed by atoms with Crippen molar-refractivity contribution >= 4 is 23.5 Å². The van der Waals surface area contributed by atoms with Gasteiger partial charge in [0.05, 0.1) is 17.9 Å². The Morgan fingerprint density at radius 1 is 1.27 bits per heavy atom. The van der Waals surface area contributed by atoms with Crippen molar-refractivity contribution in [1.29, 1.82) is 0 Å². The molecule has 0 radical (unpaired) electrons. The topological polar surface area (TPSA) is 139 Å². The normalized spacial score (nSPS) is 9.86. The molecule has 0 aliphatic rings. The van der Waals surface area contributed by atoms with Gasteiger partial charge in [0.25, 0.3) is 11.6 Å². The van der Waals surface area contributed by atoms with E-state index in [1.54, 1.807) is 0 Å². The van der Waals surface area contributed by atoms with Gasteiger partial charge in [-0.1, -0.05) is 0 Å². The van der Waals surface area contributed by atoms with E-state index in [-0.39, 0.29) is 30.8 Å². The highest BCUT2D eigenvalue weighted by molar-refractivity contribution is 5.96. The molecule has 0 saturated heterocycles. The van der Waals surface area contributed by atoms with Gasteiger partial charge in [-0.25, -0.2) is 0 Å². The predicted molar refractivity (Wildman–Crippen MR) is 75.4 cm³/mol. The number of aliphatic carboxylic acids is 1. The van der Waals surface area contributed by atoms with Crippen LogP contribution in [-0.2, 0) is 9.59 Å². The molecule has 0 spiro atoms. The van der Waals surface area contributed by atoms with E-state index >= 15 is 0 Å². The molecule has 0 bridgehead atoms. The lowest BCUT2D eigenvalue weighted by Crippen LogP contribution is -2.37. The Bertz CT molecular complexity index is 614. The van der Waals surface area contributed by atoms with Gasteiger partial charge in [-0.2, -0.15) is 0 Å². The van der Waals surface area contributed by atoms with Crippen LogP contribution < -0.4 is 10.6 Å². The number of aryl methyl sites for hydroxylation is 1. The van der Waals surface area contributed by atoms with Crippen molar-refractivity contribution in [3.05, 3.63) is 39.4 Å². The Balaban J connectivity index is 2.52. The maximum absolute atomic E-state index is 11.8. The van der Waals surface area contributed by atoms with E-state index in [9.17, 15) is 24.5 Å². The summed E-state index contributed by atoms with van der Waals surface area (Å²) in [6.45, 7) is 1.17. The molecule has 1 rings (SSSR count). The molecule has 22 heavy (non-hydrogen) atoms.